The Balaban J connectivity index is 1.63. The fraction of sp³-hybridized carbons (Fsp3) is 0.263. The fourth-order valence-electron chi connectivity index (χ4n) is 3.07. The van der Waals surface area contributed by atoms with E-state index in [-0.39, 0.29) is 23.6 Å². The lowest BCUT2D eigenvalue weighted by atomic mass is 10.1. The number of aromatic nitrogens is 4. The quantitative estimate of drug-likeness (QED) is 0.719. The highest BCUT2D eigenvalue weighted by molar-refractivity contribution is 5.60. The van der Waals surface area contributed by atoms with Crippen molar-refractivity contribution in [3.63, 3.8) is 0 Å². The van der Waals surface area contributed by atoms with Crippen LogP contribution in [0.5, 0.6) is 5.75 Å². The van der Waals surface area contributed by atoms with Crippen LogP contribution in [0.25, 0.3) is 11.3 Å². The molecule has 3 heterocycles. The largest absolute Gasteiger partial charge is 0.497 e. The van der Waals surface area contributed by atoms with E-state index < -0.39 is 5.82 Å². The third-order valence-electron chi connectivity index (χ3n) is 4.49. The Hall–Kier alpha value is -3.33. The first-order valence-electron chi connectivity index (χ1n) is 8.70. The Morgan fingerprint density at radius 2 is 2.04 bits per heavy atom. The third kappa shape index (κ3) is 3.70. The molecule has 28 heavy (non-hydrogen) atoms. The maximum absolute atomic E-state index is 13.0. The van der Waals surface area contributed by atoms with Crippen molar-refractivity contribution in [2.24, 2.45) is 0 Å². The van der Waals surface area contributed by atoms with E-state index in [1.165, 1.54) is 10.7 Å². The normalized spacial score (nSPS) is 18.8. The minimum atomic E-state index is -0.520. The molecule has 8 nitrogen and oxygen atoms in total. The fourth-order valence-corrected chi connectivity index (χ4v) is 3.07. The molecule has 0 aliphatic carbocycles. The second kappa shape index (κ2) is 7.73. The zero-order chi connectivity index (χ0) is 19.5. The summed E-state index contributed by atoms with van der Waals surface area (Å²) in [6.45, 7) is 0.663. The third-order valence-corrected chi connectivity index (χ3v) is 4.49. The van der Waals surface area contributed by atoms with Gasteiger partial charge in [-0.2, -0.15) is 5.10 Å². The van der Waals surface area contributed by atoms with Crippen molar-refractivity contribution in [1.82, 2.24) is 19.7 Å². The summed E-state index contributed by atoms with van der Waals surface area (Å²) in [6, 6.07) is 9.97. The molecule has 1 aliphatic heterocycles. The first-order valence-corrected chi connectivity index (χ1v) is 8.70. The average Bonchev–Trinajstić information content (AvgIpc) is 3.18. The molecule has 0 radical (unpaired) electrons. The summed E-state index contributed by atoms with van der Waals surface area (Å²) in [5.74, 6) is 0.446. The van der Waals surface area contributed by atoms with E-state index in [9.17, 15) is 9.18 Å². The second-order valence-corrected chi connectivity index (χ2v) is 6.31. The zero-order valence-corrected chi connectivity index (χ0v) is 15.1. The summed E-state index contributed by atoms with van der Waals surface area (Å²) < 4.78 is 25.2. The smallest absolute Gasteiger partial charge is 0.267 e. The molecule has 1 fully saturated rings. The van der Waals surface area contributed by atoms with Crippen LogP contribution in [0.4, 0.5) is 10.3 Å². The molecule has 2 unspecified atom stereocenters. The summed E-state index contributed by atoms with van der Waals surface area (Å²) in [5.41, 5.74) is 1.23. The number of rotatable bonds is 5. The maximum atomic E-state index is 13.0. The highest BCUT2D eigenvalue weighted by atomic mass is 19.1. The lowest BCUT2D eigenvalue weighted by Gasteiger charge is -2.20. The van der Waals surface area contributed by atoms with E-state index >= 15 is 0 Å². The van der Waals surface area contributed by atoms with Gasteiger partial charge in [-0.1, -0.05) is 12.1 Å². The van der Waals surface area contributed by atoms with Gasteiger partial charge in [-0.05, 0) is 18.2 Å². The highest BCUT2D eigenvalue weighted by Gasteiger charge is 2.32. The summed E-state index contributed by atoms with van der Waals surface area (Å²) in [6.07, 6.45) is 2.15. The predicted molar refractivity (Wildman–Crippen MR) is 99.7 cm³/mol. The molecule has 0 saturated carbocycles. The molecule has 0 amide bonds. The van der Waals surface area contributed by atoms with Gasteiger partial charge >= 0.3 is 0 Å². The molecular formula is C19H18FN5O3. The number of benzene rings is 1. The molecule has 1 aliphatic rings. The first kappa shape index (κ1) is 18.1. The Bertz CT molecular complexity index is 1020. The van der Waals surface area contributed by atoms with Crippen molar-refractivity contribution in [3.8, 4) is 17.0 Å². The van der Waals surface area contributed by atoms with Crippen LogP contribution in [0.3, 0.4) is 0 Å². The predicted octanol–water partition coefficient (Wildman–Crippen LogP) is 1.90. The van der Waals surface area contributed by atoms with E-state index in [0.29, 0.717) is 24.7 Å². The number of ether oxygens (including phenoxy) is 2. The van der Waals surface area contributed by atoms with Crippen LogP contribution in [-0.4, -0.2) is 46.1 Å². The van der Waals surface area contributed by atoms with Crippen LogP contribution in [0.15, 0.2) is 53.6 Å². The summed E-state index contributed by atoms with van der Waals surface area (Å²) >= 11 is 0. The molecule has 3 aromatic rings. The Labute approximate surface area is 160 Å². The standard InChI is InChI=1S/C19H18FN5O3/c1-27-14-4-2-3-12(7-14)15-5-6-18(26)25(24-15)17-11-28-10-16(17)23-19-21-8-13(20)9-22-19/h2-9,16-17H,10-11H2,1H3,(H,21,22,23). The van der Waals surface area contributed by atoms with Gasteiger partial charge in [0, 0.05) is 11.6 Å². The maximum Gasteiger partial charge on any atom is 0.267 e. The molecule has 144 valence electrons. The molecule has 1 aromatic carbocycles. The van der Waals surface area contributed by atoms with Crippen LogP contribution in [0, 0.1) is 5.82 Å². The number of methoxy groups -OCH3 is 1. The summed E-state index contributed by atoms with van der Waals surface area (Å²) in [4.78, 5) is 20.3. The monoisotopic (exact) mass is 383 g/mol. The van der Waals surface area contributed by atoms with Gasteiger partial charge in [0.1, 0.15) is 11.8 Å². The number of hydrogen-bond donors (Lipinski definition) is 1. The van der Waals surface area contributed by atoms with Crippen molar-refractivity contribution in [1.29, 1.82) is 0 Å². The van der Waals surface area contributed by atoms with Crippen molar-refractivity contribution in [2.75, 3.05) is 25.6 Å². The van der Waals surface area contributed by atoms with Crippen molar-refractivity contribution in [3.05, 3.63) is 65.0 Å². The molecule has 9 heteroatoms. The first-order chi connectivity index (χ1) is 13.6. The van der Waals surface area contributed by atoms with Crippen LogP contribution in [0.2, 0.25) is 0 Å². The lowest BCUT2D eigenvalue weighted by Crippen LogP contribution is -2.37. The molecule has 2 aromatic heterocycles. The second-order valence-electron chi connectivity index (χ2n) is 6.31. The molecule has 1 N–H and O–H groups in total. The summed E-state index contributed by atoms with van der Waals surface area (Å²) in [7, 11) is 1.59. The van der Waals surface area contributed by atoms with Gasteiger partial charge in [-0.3, -0.25) is 4.79 Å². The molecular weight excluding hydrogens is 365 g/mol. The highest BCUT2D eigenvalue weighted by Crippen LogP contribution is 2.24. The van der Waals surface area contributed by atoms with E-state index in [2.05, 4.69) is 20.4 Å². The van der Waals surface area contributed by atoms with Crippen LogP contribution < -0.4 is 15.6 Å². The zero-order valence-electron chi connectivity index (χ0n) is 15.1. The van der Waals surface area contributed by atoms with Gasteiger partial charge in [-0.15, -0.1) is 0 Å². The Kier molecular flexibility index (Phi) is 4.98. The van der Waals surface area contributed by atoms with Crippen molar-refractivity contribution < 1.29 is 13.9 Å². The van der Waals surface area contributed by atoms with Gasteiger partial charge in [0.05, 0.1) is 44.5 Å². The SMILES string of the molecule is COc1cccc(-c2ccc(=O)n(C3COCC3Nc3ncc(F)cn3)n2)c1. The molecule has 1 saturated heterocycles. The van der Waals surface area contributed by atoms with Crippen molar-refractivity contribution in [2.45, 2.75) is 12.1 Å². The lowest BCUT2D eigenvalue weighted by molar-refractivity contribution is 0.183. The number of anilines is 1. The number of nitrogens with one attached hydrogen (secondary N) is 1. The van der Waals surface area contributed by atoms with Gasteiger partial charge in [0.2, 0.25) is 5.95 Å². The molecule has 2 atom stereocenters. The van der Waals surface area contributed by atoms with Gasteiger partial charge in [0.15, 0.2) is 5.82 Å². The Morgan fingerprint density at radius 3 is 2.82 bits per heavy atom. The van der Waals surface area contributed by atoms with Crippen LogP contribution in [-0.2, 0) is 4.74 Å². The van der Waals surface area contributed by atoms with E-state index in [4.69, 9.17) is 9.47 Å². The minimum Gasteiger partial charge on any atom is -0.497 e. The van der Waals surface area contributed by atoms with Crippen LogP contribution in [0.1, 0.15) is 6.04 Å². The van der Waals surface area contributed by atoms with Crippen LogP contribution >= 0.6 is 0 Å². The number of hydrogen-bond acceptors (Lipinski definition) is 7. The number of nitrogens with zero attached hydrogens (tertiary/aromatic N) is 4. The average molecular weight is 383 g/mol. The Morgan fingerprint density at radius 1 is 1.21 bits per heavy atom. The molecule has 4 rings (SSSR count). The molecule has 0 spiro atoms. The van der Waals surface area contributed by atoms with E-state index in [0.717, 1.165) is 18.0 Å². The summed E-state index contributed by atoms with van der Waals surface area (Å²) in [5, 5.41) is 7.62. The van der Waals surface area contributed by atoms with E-state index in [1.54, 1.807) is 13.2 Å². The molecule has 0 bridgehead atoms. The number of halogens is 1. The van der Waals surface area contributed by atoms with E-state index in [1.807, 2.05) is 24.3 Å². The topological polar surface area (TPSA) is 91.2 Å². The van der Waals surface area contributed by atoms with Gasteiger partial charge in [0.25, 0.3) is 5.56 Å². The van der Waals surface area contributed by atoms with Gasteiger partial charge in [-0.25, -0.2) is 19.0 Å². The van der Waals surface area contributed by atoms with Gasteiger partial charge < -0.3 is 14.8 Å². The minimum absolute atomic E-state index is 0.242. The van der Waals surface area contributed by atoms with Crippen molar-refractivity contribution >= 4 is 5.95 Å².